The van der Waals surface area contributed by atoms with Crippen LogP contribution < -0.4 is 21.6 Å². The van der Waals surface area contributed by atoms with Crippen LogP contribution in [0.25, 0.3) is 10.8 Å². The minimum Gasteiger partial charge on any atom is -0.287 e. The van der Waals surface area contributed by atoms with Crippen molar-refractivity contribution < 1.29 is 0 Å². The first-order chi connectivity index (χ1) is 9.66. The molecule has 0 heterocycles. The third kappa shape index (κ3) is 2.24. The van der Waals surface area contributed by atoms with E-state index in [9.17, 15) is 9.59 Å². The van der Waals surface area contributed by atoms with Crippen LogP contribution >= 0.6 is 22.6 Å². The van der Waals surface area contributed by atoms with E-state index in [4.69, 9.17) is 0 Å². The van der Waals surface area contributed by atoms with Crippen LogP contribution in [0.3, 0.4) is 0 Å². The molecular weight excluding hydrogens is 367 g/mol. The molecule has 0 aliphatic carbocycles. The molecule has 1 N–H and O–H groups in total. The molecule has 0 aliphatic rings. The summed E-state index contributed by atoms with van der Waals surface area (Å²) in [4.78, 5) is 24.2. The lowest BCUT2D eigenvalue weighted by Gasteiger charge is -1.98. The summed E-state index contributed by atoms with van der Waals surface area (Å²) in [5.74, 6) is 0. The second-order valence-electron chi connectivity index (χ2n) is 4.28. The smallest absolute Gasteiger partial charge is 0.217 e. The molecule has 0 atom stereocenters. The van der Waals surface area contributed by atoms with Crippen LogP contribution in [0.15, 0.2) is 63.2 Å². The number of rotatable bonds is 2. The van der Waals surface area contributed by atoms with Gasteiger partial charge in [0.25, 0.3) is 0 Å². The lowest BCUT2D eigenvalue weighted by Crippen LogP contribution is -2.32. The summed E-state index contributed by atoms with van der Waals surface area (Å²) < 4.78 is 1.10. The maximum absolute atomic E-state index is 12.1. The number of halogens is 1. The molecule has 3 aromatic carbocycles. The summed E-state index contributed by atoms with van der Waals surface area (Å²) in [6, 6.07) is 14.3. The largest absolute Gasteiger partial charge is 0.287 e. The fourth-order valence-electron chi connectivity index (χ4n) is 1.98. The van der Waals surface area contributed by atoms with E-state index in [-0.39, 0.29) is 16.2 Å². The van der Waals surface area contributed by atoms with Gasteiger partial charge in [-0.3, -0.25) is 15.0 Å². The van der Waals surface area contributed by atoms with Crippen molar-refractivity contribution in [3.63, 3.8) is 0 Å². The van der Waals surface area contributed by atoms with Gasteiger partial charge in [-0.05, 0) is 46.9 Å². The first-order valence-electron chi connectivity index (χ1n) is 5.94. The minimum absolute atomic E-state index is 0.0650. The van der Waals surface area contributed by atoms with Gasteiger partial charge in [-0.2, -0.15) is 5.10 Å². The zero-order chi connectivity index (χ0) is 14.1. The normalized spacial score (nSPS) is 10.7. The number of hydrogen-bond donors (Lipinski definition) is 1. The van der Waals surface area contributed by atoms with E-state index in [0.29, 0.717) is 10.8 Å². The Bertz CT molecular complexity index is 873. The van der Waals surface area contributed by atoms with Crippen LogP contribution in [-0.2, 0) is 0 Å². The van der Waals surface area contributed by atoms with Gasteiger partial charge in [0, 0.05) is 14.3 Å². The fourth-order valence-corrected chi connectivity index (χ4v) is 2.34. The zero-order valence-electron chi connectivity index (χ0n) is 10.3. The maximum Gasteiger partial charge on any atom is 0.217 e. The number of nitrogens with zero attached hydrogens (tertiary/aromatic N) is 1. The van der Waals surface area contributed by atoms with E-state index in [2.05, 4.69) is 33.1 Å². The monoisotopic (exact) mass is 376 g/mol. The highest BCUT2D eigenvalue weighted by atomic mass is 127. The van der Waals surface area contributed by atoms with Gasteiger partial charge < -0.3 is 0 Å². The number of nitrogens with one attached hydrogen (secondary N) is 1. The second-order valence-corrected chi connectivity index (χ2v) is 5.53. The molecule has 0 spiro atoms. The summed E-state index contributed by atoms with van der Waals surface area (Å²) in [5.41, 5.74) is 2.82. The Balaban J connectivity index is 2.10. The number of hydrogen-bond acceptors (Lipinski definition) is 4. The Morgan fingerprint density at radius 2 is 1.40 bits per heavy atom. The first kappa shape index (κ1) is 13.0. The van der Waals surface area contributed by atoms with Crippen LogP contribution in [0.2, 0.25) is 0 Å². The van der Waals surface area contributed by atoms with E-state index < -0.39 is 0 Å². The summed E-state index contributed by atoms with van der Waals surface area (Å²) in [7, 11) is 0. The molecule has 0 fully saturated rings. The zero-order valence-corrected chi connectivity index (χ0v) is 12.4. The molecule has 0 aromatic heterocycles. The fraction of sp³-hybridized carbons (Fsp3) is 0. The number of fused-ring (bicyclic) bond motifs is 1. The Morgan fingerprint density at radius 1 is 0.850 bits per heavy atom. The van der Waals surface area contributed by atoms with E-state index >= 15 is 0 Å². The summed E-state index contributed by atoms with van der Waals surface area (Å²) in [6.07, 6.45) is 0. The predicted octanol–water partition coefficient (Wildman–Crippen LogP) is 1.97. The molecule has 0 saturated carbocycles. The van der Waals surface area contributed by atoms with Crippen LogP contribution in [0.4, 0.5) is 5.69 Å². The molecule has 3 aromatic rings. The van der Waals surface area contributed by atoms with Gasteiger partial charge in [0.1, 0.15) is 0 Å². The van der Waals surface area contributed by atoms with E-state index in [1.165, 1.54) is 0 Å². The van der Waals surface area contributed by atoms with Crippen LogP contribution in [0.1, 0.15) is 0 Å². The molecule has 0 amide bonds. The van der Waals surface area contributed by atoms with Crippen molar-refractivity contribution in [2.75, 3.05) is 5.43 Å². The minimum atomic E-state index is -0.330. The van der Waals surface area contributed by atoms with Crippen molar-refractivity contribution in [1.82, 2.24) is 0 Å². The van der Waals surface area contributed by atoms with Gasteiger partial charge in [0.15, 0.2) is 5.36 Å². The highest BCUT2D eigenvalue weighted by Crippen LogP contribution is 2.10. The van der Waals surface area contributed by atoms with Crippen LogP contribution in [0, 0.1) is 3.57 Å². The van der Waals surface area contributed by atoms with Gasteiger partial charge in [0.05, 0.1) is 5.69 Å². The quantitative estimate of drug-likeness (QED) is 0.550. The summed E-state index contributed by atoms with van der Waals surface area (Å²) >= 11 is 2.20. The van der Waals surface area contributed by atoms with Crippen molar-refractivity contribution in [3.05, 3.63) is 77.9 Å². The van der Waals surface area contributed by atoms with Crippen LogP contribution in [0.5, 0.6) is 0 Å². The van der Waals surface area contributed by atoms with Crippen molar-refractivity contribution in [2.24, 2.45) is 5.10 Å². The molecule has 20 heavy (non-hydrogen) atoms. The van der Waals surface area contributed by atoms with Crippen molar-refractivity contribution in [2.45, 2.75) is 0 Å². The van der Waals surface area contributed by atoms with Crippen LogP contribution in [-0.4, -0.2) is 0 Å². The van der Waals surface area contributed by atoms with E-state index in [1.807, 2.05) is 24.3 Å². The highest BCUT2D eigenvalue weighted by Gasteiger charge is 2.09. The van der Waals surface area contributed by atoms with E-state index in [0.717, 1.165) is 9.26 Å². The molecule has 5 heteroatoms. The third-order valence-electron chi connectivity index (χ3n) is 2.99. The Hall–Kier alpha value is -2.02. The third-order valence-corrected chi connectivity index (χ3v) is 3.71. The van der Waals surface area contributed by atoms with Gasteiger partial charge in [-0.15, -0.1) is 0 Å². The van der Waals surface area contributed by atoms with Crippen molar-refractivity contribution in [1.29, 1.82) is 0 Å². The average molecular weight is 376 g/mol. The Kier molecular flexibility index (Phi) is 3.35. The Labute approximate surface area is 127 Å². The number of anilines is 1. The maximum atomic E-state index is 12.1. The molecular formula is C15H9IN2O2. The lowest BCUT2D eigenvalue weighted by molar-refractivity contribution is 1.20. The van der Waals surface area contributed by atoms with Gasteiger partial charge in [0.2, 0.25) is 10.9 Å². The first-order valence-corrected chi connectivity index (χ1v) is 7.02. The predicted molar refractivity (Wildman–Crippen MR) is 87.2 cm³/mol. The molecule has 4 nitrogen and oxygen atoms in total. The van der Waals surface area contributed by atoms with Crippen molar-refractivity contribution in [3.8, 4) is 0 Å². The molecule has 0 saturated heterocycles. The molecule has 0 unspecified atom stereocenters. The summed E-state index contributed by atoms with van der Waals surface area (Å²) in [5, 5.41) is 4.73. The Morgan fingerprint density at radius 3 is 1.95 bits per heavy atom. The summed E-state index contributed by atoms with van der Waals surface area (Å²) in [6.45, 7) is 0. The standard InChI is InChI=1S/C15H9IN2O2/c16-9-5-7-10(8-6-9)17-18-13-14(19)11-3-1-2-4-12(11)15(13)20/h1-8,17H. The lowest BCUT2D eigenvalue weighted by atomic mass is 10.2. The topological polar surface area (TPSA) is 58.5 Å². The van der Waals surface area contributed by atoms with E-state index in [1.54, 1.807) is 24.3 Å². The SMILES string of the molecule is O=c1c(=NNc2ccc(I)cc2)c(=O)c2ccccc12. The van der Waals surface area contributed by atoms with Gasteiger partial charge in [-0.25, -0.2) is 0 Å². The number of benzene rings is 2. The molecule has 0 aliphatic heterocycles. The second kappa shape index (κ2) is 5.16. The molecule has 0 bridgehead atoms. The molecule has 3 rings (SSSR count). The molecule has 0 radical (unpaired) electrons. The molecule has 98 valence electrons. The van der Waals surface area contributed by atoms with Gasteiger partial charge >= 0.3 is 0 Å². The van der Waals surface area contributed by atoms with Gasteiger partial charge in [-0.1, -0.05) is 24.3 Å². The van der Waals surface area contributed by atoms with Crippen molar-refractivity contribution >= 4 is 39.1 Å². The highest BCUT2D eigenvalue weighted by molar-refractivity contribution is 14.1. The average Bonchev–Trinajstić information content (AvgIpc) is 2.71.